The zero-order valence-corrected chi connectivity index (χ0v) is 15.6. The molecule has 1 aliphatic heterocycles. The highest BCUT2D eigenvalue weighted by Gasteiger charge is 2.22. The van der Waals surface area contributed by atoms with Crippen LogP contribution in [0.25, 0.3) is 0 Å². The topological polar surface area (TPSA) is 45.2 Å². The van der Waals surface area contributed by atoms with Gasteiger partial charge in [-0.3, -0.25) is 14.7 Å². The Morgan fingerprint density at radius 1 is 1.29 bits per heavy atom. The van der Waals surface area contributed by atoms with E-state index in [1.807, 2.05) is 24.4 Å². The lowest BCUT2D eigenvalue weighted by molar-refractivity contribution is 0.0907. The van der Waals surface area contributed by atoms with Gasteiger partial charge in [-0.05, 0) is 59.1 Å². The van der Waals surface area contributed by atoms with Crippen LogP contribution in [-0.2, 0) is 6.54 Å². The molecule has 0 spiro atoms. The van der Waals surface area contributed by atoms with Crippen molar-refractivity contribution in [1.82, 2.24) is 15.2 Å². The average Bonchev–Trinajstić information content (AvgIpc) is 2.59. The molecule has 0 radical (unpaired) electrons. The summed E-state index contributed by atoms with van der Waals surface area (Å²) in [7, 11) is 0. The number of carbonyl (C=O) groups excluding carboxylic acids is 1. The number of rotatable bonds is 4. The third-order valence-corrected chi connectivity index (χ3v) is 5.13. The van der Waals surface area contributed by atoms with Crippen LogP contribution >= 0.6 is 27.5 Å². The van der Waals surface area contributed by atoms with Crippen LogP contribution in [0.5, 0.6) is 0 Å². The normalized spacial score (nSPS) is 16.1. The first-order valence-corrected chi connectivity index (χ1v) is 9.17. The number of nitrogens with zero attached hydrogens (tertiary/aromatic N) is 2. The second-order valence-electron chi connectivity index (χ2n) is 5.97. The first-order chi connectivity index (χ1) is 11.6. The fraction of sp³-hybridized carbons (Fsp3) is 0.333. The van der Waals surface area contributed by atoms with E-state index in [1.54, 1.807) is 18.2 Å². The van der Waals surface area contributed by atoms with Crippen LogP contribution in [0.15, 0.2) is 47.1 Å². The highest BCUT2D eigenvalue weighted by atomic mass is 79.9. The van der Waals surface area contributed by atoms with Gasteiger partial charge in [0.1, 0.15) is 0 Å². The van der Waals surface area contributed by atoms with Crippen LogP contribution in [0.1, 0.15) is 28.9 Å². The molecule has 3 rings (SSSR count). The molecule has 0 unspecified atom stereocenters. The standard InChI is InChI=1S/C18H19BrClN3O/c19-17-5-4-13(20)11-16(17)18(24)22-14-6-9-23(10-7-14)12-15-3-1-2-8-21-15/h1-5,8,11,14H,6-7,9-10,12H2,(H,22,24). The SMILES string of the molecule is O=C(NC1CCN(Cc2ccccn2)CC1)c1cc(Cl)ccc1Br. The molecule has 0 bridgehead atoms. The molecule has 126 valence electrons. The molecule has 1 aromatic heterocycles. The Bertz CT molecular complexity index is 703. The van der Waals surface area contributed by atoms with Crippen LogP contribution in [0.2, 0.25) is 5.02 Å². The van der Waals surface area contributed by atoms with Gasteiger partial charge >= 0.3 is 0 Å². The Hall–Kier alpha value is -1.43. The molecule has 2 heterocycles. The van der Waals surface area contributed by atoms with Gasteiger partial charge in [-0.1, -0.05) is 17.7 Å². The summed E-state index contributed by atoms with van der Waals surface area (Å²) in [5.41, 5.74) is 1.67. The fourth-order valence-corrected chi connectivity index (χ4v) is 3.49. The minimum absolute atomic E-state index is 0.0763. The van der Waals surface area contributed by atoms with E-state index in [0.717, 1.165) is 42.6 Å². The summed E-state index contributed by atoms with van der Waals surface area (Å²) >= 11 is 9.39. The van der Waals surface area contributed by atoms with Crippen molar-refractivity contribution in [2.75, 3.05) is 13.1 Å². The van der Waals surface area contributed by atoms with E-state index in [4.69, 9.17) is 11.6 Å². The number of pyridine rings is 1. The fourth-order valence-electron chi connectivity index (χ4n) is 2.89. The summed E-state index contributed by atoms with van der Waals surface area (Å²) in [6, 6.07) is 11.4. The summed E-state index contributed by atoms with van der Waals surface area (Å²) < 4.78 is 0.761. The van der Waals surface area contributed by atoms with Gasteiger partial charge in [0.25, 0.3) is 5.91 Å². The summed E-state index contributed by atoms with van der Waals surface area (Å²) in [4.78, 5) is 19.2. The van der Waals surface area contributed by atoms with E-state index in [1.165, 1.54) is 0 Å². The zero-order valence-electron chi connectivity index (χ0n) is 13.2. The Balaban J connectivity index is 1.52. The number of amides is 1. The summed E-state index contributed by atoms with van der Waals surface area (Å²) in [5, 5.41) is 3.68. The first-order valence-electron chi connectivity index (χ1n) is 8.00. The molecule has 0 aliphatic carbocycles. The average molecular weight is 409 g/mol. The Kier molecular flexibility index (Phi) is 5.87. The molecular formula is C18H19BrClN3O. The molecular weight excluding hydrogens is 390 g/mol. The van der Waals surface area contributed by atoms with Gasteiger partial charge in [0.15, 0.2) is 0 Å². The predicted octanol–water partition coefficient (Wildman–Crippen LogP) is 3.89. The second kappa shape index (κ2) is 8.10. The van der Waals surface area contributed by atoms with Crippen molar-refractivity contribution in [3.05, 3.63) is 63.3 Å². The van der Waals surface area contributed by atoms with Crippen molar-refractivity contribution in [1.29, 1.82) is 0 Å². The number of piperidine rings is 1. The van der Waals surface area contributed by atoms with Gasteiger partial charge in [0.2, 0.25) is 0 Å². The van der Waals surface area contributed by atoms with Crippen molar-refractivity contribution in [2.24, 2.45) is 0 Å². The molecule has 1 amide bonds. The smallest absolute Gasteiger partial charge is 0.252 e. The van der Waals surface area contributed by atoms with Crippen molar-refractivity contribution in [2.45, 2.75) is 25.4 Å². The third-order valence-electron chi connectivity index (χ3n) is 4.21. The summed E-state index contributed by atoms with van der Waals surface area (Å²) in [6.45, 7) is 2.78. The number of hydrogen-bond donors (Lipinski definition) is 1. The molecule has 1 aromatic carbocycles. The van der Waals surface area contributed by atoms with Crippen molar-refractivity contribution in [3.63, 3.8) is 0 Å². The lowest BCUT2D eigenvalue weighted by Crippen LogP contribution is -2.44. The lowest BCUT2D eigenvalue weighted by Gasteiger charge is -2.32. The first kappa shape index (κ1) is 17.4. The number of benzene rings is 1. The van der Waals surface area contributed by atoms with E-state index >= 15 is 0 Å². The number of hydrogen-bond acceptors (Lipinski definition) is 3. The van der Waals surface area contributed by atoms with Crippen molar-refractivity contribution in [3.8, 4) is 0 Å². The third kappa shape index (κ3) is 4.56. The van der Waals surface area contributed by atoms with E-state index in [9.17, 15) is 4.79 Å². The maximum atomic E-state index is 12.4. The van der Waals surface area contributed by atoms with E-state index in [2.05, 4.69) is 31.1 Å². The Morgan fingerprint density at radius 2 is 2.08 bits per heavy atom. The quantitative estimate of drug-likeness (QED) is 0.835. The predicted molar refractivity (Wildman–Crippen MR) is 99.2 cm³/mol. The van der Waals surface area contributed by atoms with Crippen molar-refractivity contribution >= 4 is 33.4 Å². The van der Waals surface area contributed by atoms with Crippen LogP contribution in [0.3, 0.4) is 0 Å². The Labute approximate surface area is 155 Å². The van der Waals surface area contributed by atoms with E-state index in [0.29, 0.717) is 10.6 Å². The number of carbonyl (C=O) groups is 1. The highest BCUT2D eigenvalue weighted by molar-refractivity contribution is 9.10. The van der Waals surface area contributed by atoms with Crippen molar-refractivity contribution < 1.29 is 4.79 Å². The van der Waals surface area contributed by atoms with Gasteiger partial charge in [0, 0.05) is 41.4 Å². The monoisotopic (exact) mass is 407 g/mol. The minimum Gasteiger partial charge on any atom is -0.349 e. The molecule has 6 heteroatoms. The molecule has 1 N–H and O–H groups in total. The highest BCUT2D eigenvalue weighted by Crippen LogP contribution is 2.22. The van der Waals surface area contributed by atoms with E-state index in [-0.39, 0.29) is 11.9 Å². The molecule has 1 aliphatic rings. The van der Waals surface area contributed by atoms with Gasteiger partial charge < -0.3 is 5.32 Å². The Morgan fingerprint density at radius 3 is 2.79 bits per heavy atom. The van der Waals surface area contributed by atoms with E-state index < -0.39 is 0 Å². The maximum absolute atomic E-state index is 12.4. The van der Waals surface area contributed by atoms with Gasteiger partial charge in [-0.2, -0.15) is 0 Å². The van der Waals surface area contributed by atoms with Gasteiger partial charge in [0.05, 0.1) is 11.3 Å². The largest absolute Gasteiger partial charge is 0.349 e. The number of nitrogens with one attached hydrogen (secondary N) is 1. The number of halogens is 2. The number of likely N-dealkylation sites (tertiary alicyclic amines) is 1. The summed E-state index contributed by atoms with van der Waals surface area (Å²) in [6.07, 6.45) is 3.71. The van der Waals surface area contributed by atoms with Gasteiger partial charge in [-0.25, -0.2) is 0 Å². The lowest BCUT2D eigenvalue weighted by atomic mass is 10.0. The maximum Gasteiger partial charge on any atom is 0.252 e. The van der Waals surface area contributed by atoms with Crippen LogP contribution in [-0.4, -0.2) is 34.9 Å². The molecule has 24 heavy (non-hydrogen) atoms. The molecule has 0 atom stereocenters. The zero-order chi connectivity index (χ0) is 16.9. The second-order valence-corrected chi connectivity index (χ2v) is 7.26. The van der Waals surface area contributed by atoms with Crippen LogP contribution in [0.4, 0.5) is 0 Å². The van der Waals surface area contributed by atoms with Crippen LogP contribution in [0, 0.1) is 0 Å². The number of aromatic nitrogens is 1. The molecule has 2 aromatic rings. The molecule has 4 nitrogen and oxygen atoms in total. The van der Waals surface area contributed by atoms with Gasteiger partial charge in [-0.15, -0.1) is 0 Å². The summed E-state index contributed by atoms with van der Waals surface area (Å²) in [5.74, 6) is -0.0763. The molecule has 1 saturated heterocycles. The molecule has 1 fully saturated rings. The minimum atomic E-state index is -0.0763. The molecule has 0 saturated carbocycles. The van der Waals surface area contributed by atoms with Crippen LogP contribution < -0.4 is 5.32 Å².